The standard InChI is InChI=1S/C19H14F5N2O6P/c20-12-2-4-16(14(21)8-12)32-17-7-11(19(22,23)24)1-3-15(17)25-13-5-6-26(18(27)9-13)10-31-33(28,29)30/h1-9,25H,10H2,(H2,28,29,30). The number of nitrogens with zero attached hydrogens (tertiary/aromatic N) is 1. The van der Waals surface area contributed by atoms with Crippen molar-refractivity contribution in [1.82, 2.24) is 4.57 Å². The van der Waals surface area contributed by atoms with Gasteiger partial charge >= 0.3 is 14.0 Å². The van der Waals surface area contributed by atoms with E-state index < -0.39 is 55.0 Å². The molecule has 14 heteroatoms. The molecule has 3 rings (SSSR count). The van der Waals surface area contributed by atoms with Crippen LogP contribution in [0.1, 0.15) is 5.56 Å². The van der Waals surface area contributed by atoms with Crippen molar-refractivity contribution >= 4 is 19.2 Å². The van der Waals surface area contributed by atoms with Crippen LogP contribution >= 0.6 is 7.82 Å². The number of hydrogen-bond acceptors (Lipinski definition) is 5. The van der Waals surface area contributed by atoms with E-state index in [-0.39, 0.29) is 11.4 Å². The summed E-state index contributed by atoms with van der Waals surface area (Å²) in [5.74, 6) is -3.07. The predicted octanol–water partition coefficient (Wildman–Crippen LogP) is 4.75. The highest BCUT2D eigenvalue weighted by atomic mass is 31.2. The molecule has 0 radical (unpaired) electrons. The Bertz CT molecular complexity index is 1270. The summed E-state index contributed by atoms with van der Waals surface area (Å²) in [6.07, 6.45) is -3.62. The maximum Gasteiger partial charge on any atom is 0.471 e. The third-order valence-corrected chi connectivity index (χ3v) is 4.51. The van der Waals surface area contributed by atoms with Crippen LogP contribution < -0.4 is 15.6 Å². The van der Waals surface area contributed by atoms with Crippen molar-refractivity contribution in [2.45, 2.75) is 12.9 Å². The van der Waals surface area contributed by atoms with Crippen molar-refractivity contribution in [3.63, 3.8) is 0 Å². The van der Waals surface area contributed by atoms with E-state index in [1.807, 2.05) is 0 Å². The van der Waals surface area contributed by atoms with Crippen LogP contribution in [0.4, 0.5) is 33.3 Å². The Morgan fingerprint density at radius 2 is 1.73 bits per heavy atom. The summed E-state index contributed by atoms with van der Waals surface area (Å²) in [6.45, 7) is -0.748. The van der Waals surface area contributed by atoms with Gasteiger partial charge in [0, 0.05) is 24.0 Å². The second-order valence-electron chi connectivity index (χ2n) is 6.48. The van der Waals surface area contributed by atoms with Gasteiger partial charge in [0.25, 0.3) is 5.56 Å². The van der Waals surface area contributed by atoms with Crippen molar-refractivity contribution in [1.29, 1.82) is 0 Å². The van der Waals surface area contributed by atoms with Gasteiger partial charge in [-0.15, -0.1) is 0 Å². The minimum absolute atomic E-state index is 0.0663. The molecule has 0 saturated heterocycles. The van der Waals surface area contributed by atoms with E-state index in [1.165, 1.54) is 6.07 Å². The molecule has 0 saturated carbocycles. The van der Waals surface area contributed by atoms with Crippen LogP contribution in [-0.4, -0.2) is 14.4 Å². The Morgan fingerprint density at radius 1 is 1.00 bits per heavy atom. The zero-order valence-electron chi connectivity index (χ0n) is 16.2. The van der Waals surface area contributed by atoms with Gasteiger partial charge in [-0.25, -0.2) is 13.3 Å². The van der Waals surface area contributed by atoms with Crippen molar-refractivity contribution < 1.29 is 45.6 Å². The highest BCUT2D eigenvalue weighted by Gasteiger charge is 2.31. The maximum absolute atomic E-state index is 14.0. The number of hydrogen-bond donors (Lipinski definition) is 3. The number of phosphoric ester groups is 1. The molecule has 176 valence electrons. The summed E-state index contributed by atoms with van der Waals surface area (Å²) in [6, 6.07) is 6.81. The zero-order valence-corrected chi connectivity index (χ0v) is 17.1. The summed E-state index contributed by atoms with van der Waals surface area (Å²) in [4.78, 5) is 29.5. The quantitative estimate of drug-likeness (QED) is 0.323. The second-order valence-corrected chi connectivity index (χ2v) is 7.72. The molecule has 33 heavy (non-hydrogen) atoms. The lowest BCUT2D eigenvalue weighted by Gasteiger charge is -2.16. The second kappa shape index (κ2) is 9.32. The minimum atomic E-state index is -4.82. The number of pyridine rings is 1. The highest BCUT2D eigenvalue weighted by molar-refractivity contribution is 7.46. The number of ether oxygens (including phenoxy) is 1. The maximum atomic E-state index is 14.0. The minimum Gasteiger partial charge on any atom is -0.452 e. The molecule has 2 aromatic carbocycles. The molecule has 0 aliphatic heterocycles. The fourth-order valence-corrected chi connectivity index (χ4v) is 2.82. The predicted molar refractivity (Wildman–Crippen MR) is 105 cm³/mol. The number of halogens is 5. The molecular weight excluding hydrogens is 478 g/mol. The molecule has 0 bridgehead atoms. The highest BCUT2D eigenvalue weighted by Crippen LogP contribution is 2.39. The monoisotopic (exact) mass is 492 g/mol. The smallest absolute Gasteiger partial charge is 0.452 e. The Labute approximate surface area is 182 Å². The first-order chi connectivity index (χ1) is 15.3. The van der Waals surface area contributed by atoms with E-state index in [4.69, 9.17) is 14.5 Å². The third-order valence-electron chi connectivity index (χ3n) is 4.06. The zero-order chi connectivity index (χ0) is 24.4. The molecular formula is C19H14F5N2O6P. The van der Waals surface area contributed by atoms with E-state index in [2.05, 4.69) is 9.84 Å². The topological polar surface area (TPSA) is 110 Å². The average molecular weight is 492 g/mol. The number of alkyl halides is 3. The van der Waals surface area contributed by atoms with Gasteiger partial charge in [0.1, 0.15) is 12.5 Å². The largest absolute Gasteiger partial charge is 0.471 e. The van der Waals surface area contributed by atoms with Gasteiger partial charge in [0.2, 0.25) is 0 Å². The van der Waals surface area contributed by atoms with Crippen molar-refractivity contribution in [2.75, 3.05) is 5.32 Å². The lowest BCUT2D eigenvalue weighted by atomic mass is 10.1. The van der Waals surface area contributed by atoms with E-state index in [9.17, 15) is 31.3 Å². The normalized spacial score (nSPS) is 12.0. The molecule has 1 heterocycles. The van der Waals surface area contributed by atoms with Gasteiger partial charge in [-0.05, 0) is 36.4 Å². The number of aromatic nitrogens is 1. The number of rotatable bonds is 7. The first kappa shape index (κ1) is 24.4. The van der Waals surface area contributed by atoms with Crippen molar-refractivity contribution in [3.8, 4) is 11.5 Å². The van der Waals surface area contributed by atoms with Gasteiger partial charge in [0.05, 0.1) is 11.3 Å². The Morgan fingerprint density at radius 3 is 2.33 bits per heavy atom. The van der Waals surface area contributed by atoms with E-state index in [1.54, 1.807) is 0 Å². The van der Waals surface area contributed by atoms with Gasteiger partial charge in [-0.3, -0.25) is 13.9 Å². The SMILES string of the molecule is O=c1cc(Nc2ccc(C(F)(F)F)cc2Oc2ccc(F)cc2F)ccn1COP(=O)(O)O. The van der Waals surface area contributed by atoms with Crippen LogP contribution in [0.25, 0.3) is 0 Å². The van der Waals surface area contributed by atoms with Crippen molar-refractivity contribution in [2.24, 2.45) is 0 Å². The lowest BCUT2D eigenvalue weighted by molar-refractivity contribution is -0.137. The lowest BCUT2D eigenvalue weighted by Crippen LogP contribution is -2.19. The van der Waals surface area contributed by atoms with Crippen LogP contribution in [0.15, 0.2) is 59.5 Å². The Hall–Kier alpha value is -3.25. The molecule has 0 amide bonds. The van der Waals surface area contributed by atoms with Crippen molar-refractivity contribution in [3.05, 3.63) is 82.3 Å². The molecule has 0 spiro atoms. The number of benzene rings is 2. The number of nitrogens with one attached hydrogen (secondary N) is 1. The van der Waals surface area contributed by atoms with Gasteiger partial charge in [-0.2, -0.15) is 13.2 Å². The number of phosphoric acid groups is 1. The van der Waals surface area contributed by atoms with E-state index >= 15 is 0 Å². The average Bonchev–Trinajstić information content (AvgIpc) is 2.69. The molecule has 1 aromatic heterocycles. The summed E-state index contributed by atoms with van der Waals surface area (Å²) < 4.78 is 87.5. The van der Waals surface area contributed by atoms with E-state index in [0.29, 0.717) is 12.1 Å². The fraction of sp³-hybridized carbons (Fsp3) is 0.105. The fourth-order valence-electron chi connectivity index (χ4n) is 2.55. The molecule has 0 unspecified atom stereocenters. The van der Waals surface area contributed by atoms with Crippen LogP contribution in [0.5, 0.6) is 11.5 Å². The van der Waals surface area contributed by atoms with Crippen LogP contribution in [0.3, 0.4) is 0 Å². The Balaban J connectivity index is 1.93. The van der Waals surface area contributed by atoms with Gasteiger partial charge in [-0.1, -0.05) is 0 Å². The molecule has 0 aliphatic rings. The van der Waals surface area contributed by atoms with E-state index in [0.717, 1.165) is 41.1 Å². The van der Waals surface area contributed by atoms with Gasteiger partial charge < -0.3 is 19.8 Å². The van der Waals surface area contributed by atoms with Crippen LogP contribution in [0, 0.1) is 11.6 Å². The molecule has 3 aromatic rings. The molecule has 0 atom stereocenters. The first-order valence-corrected chi connectivity index (χ1v) is 10.4. The Kier molecular flexibility index (Phi) is 6.89. The molecule has 3 N–H and O–H groups in total. The summed E-state index contributed by atoms with van der Waals surface area (Å²) >= 11 is 0. The van der Waals surface area contributed by atoms with Crippen LogP contribution in [0.2, 0.25) is 0 Å². The molecule has 0 aliphatic carbocycles. The number of anilines is 2. The first-order valence-electron chi connectivity index (χ1n) is 8.83. The molecule has 8 nitrogen and oxygen atoms in total. The summed E-state index contributed by atoms with van der Waals surface area (Å²) in [5, 5.41) is 2.65. The van der Waals surface area contributed by atoms with Crippen LogP contribution in [-0.2, 0) is 22.0 Å². The van der Waals surface area contributed by atoms with Gasteiger partial charge in [0.15, 0.2) is 17.3 Å². The summed E-state index contributed by atoms with van der Waals surface area (Å²) in [5.41, 5.74) is -1.88. The third kappa shape index (κ3) is 6.62. The summed E-state index contributed by atoms with van der Waals surface area (Å²) in [7, 11) is -4.82. The molecule has 0 fully saturated rings.